The van der Waals surface area contributed by atoms with Crippen LogP contribution in [0.2, 0.25) is 0 Å². The maximum Gasteiger partial charge on any atom is 0.132 e. The SMILES string of the molecule is Cc1ccc(-c2cnccn2)c(OCc2c[nH]cn2)c1. The van der Waals surface area contributed by atoms with Crippen LogP contribution in [0.15, 0.2) is 49.3 Å². The molecular formula is C15H14N4O. The van der Waals surface area contributed by atoms with E-state index >= 15 is 0 Å². The summed E-state index contributed by atoms with van der Waals surface area (Å²) in [4.78, 5) is 15.5. The summed E-state index contributed by atoms with van der Waals surface area (Å²) in [6.07, 6.45) is 8.51. The Morgan fingerprint density at radius 1 is 1.20 bits per heavy atom. The first-order chi connectivity index (χ1) is 9.83. The smallest absolute Gasteiger partial charge is 0.132 e. The van der Waals surface area contributed by atoms with Gasteiger partial charge in [-0.1, -0.05) is 6.07 Å². The molecule has 0 radical (unpaired) electrons. The zero-order valence-electron chi connectivity index (χ0n) is 11.1. The van der Waals surface area contributed by atoms with Gasteiger partial charge >= 0.3 is 0 Å². The zero-order valence-corrected chi connectivity index (χ0v) is 11.1. The molecule has 20 heavy (non-hydrogen) atoms. The molecule has 1 N–H and O–H groups in total. The van der Waals surface area contributed by atoms with E-state index in [2.05, 4.69) is 19.9 Å². The molecule has 2 heterocycles. The molecule has 0 saturated heterocycles. The minimum Gasteiger partial charge on any atom is -0.487 e. The Labute approximate surface area is 116 Å². The molecular weight excluding hydrogens is 252 g/mol. The van der Waals surface area contributed by atoms with E-state index in [0.717, 1.165) is 28.3 Å². The van der Waals surface area contributed by atoms with Gasteiger partial charge in [0.25, 0.3) is 0 Å². The van der Waals surface area contributed by atoms with E-state index in [-0.39, 0.29) is 0 Å². The highest BCUT2D eigenvalue weighted by Gasteiger charge is 2.09. The monoisotopic (exact) mass is 266 g/mol. The first kappa shape index (κ1) is 12.3. The quantitative estimate of drug-likeness (QED) is 0.788. The summed E-state index contributed by atoms with van der Waals surface area (Å²) in [6.45, 7) is 2.45. The average molecular weight is 266 g/mol. The number of nitrogens with one attached hydrogen (secondary N) is 1. The maximum absolute atomic E-state index is 5.87. The fraction of sp³-hybridized carbons (Fsp3) is 0.133. The minimum atomic E-state index is 0.417. The van der Waals surface area contributed by atoms with Gasteiger partial charge in [-0.3, -0.25) is 9.97 Å². The van der Waals surface area contributed by atoms with Crippen LogP contribution in [0, 0.1) is 6.92 Å². The van der Waals surface area contributed by atoms with Crippen LogP contribution >= 0.6 is 0 Å². The molecule has 0 saturated carbocycles. The molecule has 2 aromatic heterocycles. The topological polar surface area (TPSA) is 63.7 Å². The van der Waals surface area contributed by atoms with Crippen LogP contribution in [-0.4, -0.2) is 19.9 Å². The van der Waals surface area contributed by atoms with E-state index in [0.29, 0.717) is 6.61 Å². The van der Waals surface area contributed by atoms with Crippen molar-refractivity contribution in [2.45, 2.75) is 13.5 Å². The lowest BCUT2D eigenvalue weighted by atomic mass is 10.1. The van der Waals surface area contributed by atoms with E-state index in [9.17, 15) is 0 Å². The zero-order chi connectivity index (χ0) is 13.8. The number of aromatic nitrogens is 4. The highest BCUT2D eigenvalue weighted by atomic mass is 16.5. The molecule has 0 aliphatic rings. The number of benzene rings is 1. The van der Waals surface area contributed by atoms with E-state index in [1.54, 1.807) is 24.9 Å². The van der Waals surface area contributed by atoms with Gasteiger partial charge in [-0.15, -0.1) is 0 Å². The summed E-state index contributed by atoms with van der Waals surface area (Å²) in [5.41, 5.74) is 3.72. The van der Waals surface area contributed by atoms with Gasteiger partial charge in [0.05, 0.1) is 23.9 Å². The molecule has 5 heteroatoms. The van der Waals surface area contributed by atoms with Crippen LogP contribution in [0.4, 0.5) is 0 Å². The number of hydrogen-bond acceptors (Lipinski definition) is 4. The molecule has 0 unspecified atom stereocenters. The second-order valence-electron chi connectivity index (χ2n) is 4.44. The van der Waals surface area contributed by atoms with Crippen molar-refractivity contribution in [1.29, 1.82) is 0 Å². The Morgan fingerprint density at radius 3 is 2.90 bits per heavy atom. The molecule has 3 rings (SSSR count). The second kappa shape index (κ2) is 5.52. The fourth-order valence-corrected chi connectivity index (χ4v) is 1.92. The highest BCUT2D eigenvalue weighted by molar-refractivity contribution is 5.66. The number of aromatic amines is 1. The van der Waals surface area contributed by atoms with Crippen molar-refractivity contribution in [2.75, 3.05) is 0 Å². The standard InChI is InChI=1S/C15H14N4O/c1-11-2-3-13(14-8-16-4-5-18-14)15(6-11)20-9-12-7-17-10-19-12/h2-8,10H,9H2,1H3,(H,17,19). The normalized spacial score (nSPS) is 10.4. The molecule has 3 aromatic rings. The summed E-state index contributed by atoms with van der Waals surface area (Å²) in [5, 5.41) is 0. The van der Waals surface area contributed by atoms with E-state index < -0.39 is 0 Å². The van der Waals surface area contributed by atoms with Crippen LogP contribution < -0.4 is 4.74 Å². The molecule has 0 fully saturated rings. The lowest BCUT2D eigenvalue weighted by Gasteiger charge is -2.11. The predicted octanol–water partition coefficient (Wildman–Crippen LogP) is 2.75. The second-order valence-corrected chi connectivity index (χ2v) is 4.44. The third-order valence-corrected chi connectivity index (χ3v) is 2.91. The van der Waals surface area contributed by atoms with Crippen LogP contribution in [0.5, 0.6) is 5.75 Å². The summed E-state index contributed by atoms with van der Waals surface area (Å²) in [6, 6.07) is 6.03. The van der Waals surface area contributed by atoms with Crippen molar-refractivity contribution in [3.8, 4) is 17.0 Å². The van der Waals surface area contributed by atoms with E-state index in [4.69, 9.17) is 4.74 Å². The van der Waals surface area contributed by atoms with Crippen molar-refractivity contribution in [2.24, 2.45) is 0 Å². The Hall–Kier alpha value is -2.69. The lowest BCUT2D eigenvalue weighted by molar-refractivity contribution is 0.303. The third-order valence-electron chi connectivity index (χ3n) is 2.91. The van der Waals surface area contributed by atoms with Crippen molar-refractivity contribution in [3.63, 3.8) is 0 Å². The Balaban J connectivity index is 1.90. The predicted molar refractivity (Wildman–Crippen MR) is 75.1 cm³/mol. The van der Waals surface area contributed by atoms with E-state index in [1.807, 2.05) is 31.3 Å². The number of hydrogen-bond donors (Lipinski definition) is 1. The van der Waals surface area contributed by atoms with Gasteiger partial charge < -0.3 is 9.72 Å². The molecule has 100 valence electrons. The third kappa shape index (κ3) is 2.66. The van der Waals surface area contributed by atoms with Crippen LogP contribution in [0.1, 0.15) is 11.3 Å². The lowest BCUT2D eigenvalue weighted by Crippen LogP contribution is -1.98. The Kier molecular flexibility index (Phi) is 3.41. The molecule has 1 aromatic carbocycles. The molecule has 0 aliphatic carbocycles. The highest BCUT2D eigenvalue weighted by Crippen LogP contribution is 2.29. The average Bonchev–Trinajstić information content (AvgIpc) is 2.99. The van der Waals surface area contributed by atoms with Gasteiger partial charge in [0, 0.05) is 24.2 Å². The van der Waals surface area contributed by atoms with Crippen molar-refractivity contribution >= 4 is 0 Å². The first-order valence-corrected chi connectivity index (χ1v) is 6.30. The van der Waals surface area contributed by atoms with Gasteiger partial charge in [0.1, 0.15) is 12.4 Å². The van der Waals surface area contributed by atoms with Gasteiger partial charge in [-0.2, -0.15) is 0 Å². The molecule has 0 atom stereocenters. The Bertz CT molecular complexity index is 680. The molecule has 0 aliphatic heterocycles. The number of nitrogens with zero attached hydrogens (tertiary/aromatic N) is 3. The van der Waals surface area contributed by atoms with Crippen molar-refractivity contribution < 1.29 is 4.74 Å². The number of H-pyrrole nitrogens is 1. The number of aryl methyl sites for hydroxylation is 1. The number of imidazole rings is 1. The van der Waals surface area contributed by atoms with Gasteiger partial charge in [0.15, 0.2) is 0 Å². The van der Waals surface area contributed by atoms with Crippen molar-refractivity contribution in [3.05, 3.63) is 60.6 Å². The summed E-state index contributed by atoms with van der Waals surface area (Å²) in [5.74, 6) is 0.786. The van der Waals surface area contributed by atoms with Gasteiger partial charge in [-0.05, 0) is 24.6 Å². The molecule has 0 amide bonds. The number of rotatable bonds is 4. The summed E-state index contributed by atoms with van der Waals surface area (Å²) in [7, 11) is 0. The largest absolute Gasteiger partial charge is 0.487 e. The van der Waals surface area contributed by atoms with Crippen LogP contribution in [0.25, 0.3) is 11.3 Å². The van der Waals surface area contributed by atoms with Crippen LogP contribution in [-0.2, 0) is 6.61 Å². The molecule has 5 nitrogen and oxygen atoms in total. The first-order valence-electron chi connectivity index (χ1n) is 6.30. The maximum atomic E-state index is 5.87. The van der Waals surface area contributed by atoms with Crippen molar-refractivity contribution in [1.82, 2.24) is 19.9 Å². The Morgan fingerprint density at radius 2 is 2.15 bits per heavy atom. The molecule has 0 spiro atoms. The summed E-state index contributed by atoms with van der Waals surface area (Å²) >= 11 is 0. The molecule has 0 bridgehead atoms. The van der Waals surface area contributed by atoms with E-state index in [1.165, 1.54) is 0 Å². The fourth-order valence-electron chi connectivity index (χ4n) is 1.92. The van der Waals surface area contributed by atoms with Gasteiger partial charge in [0.2, 0.25) is 0 Å². The van der Waals surface area contributed by atoms with Crippen LogP contribution in [0.3, 0.4) is 0 Å². The number of ether oxygens (including phenoxy) is 1. The minimum absolute atomic E-state index is 0.417. The van der Waals surface area contributed by atoms with Gasteiger partial charge in [-0.25, -0.2) is 4.98 Å². The summed E-state index contributed by atoms with van der Waals surface area (Å²) < 4.78 is 5.87.